The minimum atomic E-state index is -0.582. The molecule has 0 unspecified atom stereocenters. The zero-order valence-corrected chi connectivity index (χ0v) is 11.7. The molecular formula is C14H17N3O4. The third-order valence-corrected chi connectivity index (χ3v) is 3.21. The monoisotopic (exact) mass is 291 g/mol. The van der Waals surface area contributed by atoms with Gasteiger partial charge >= 0.3 is 12.0 Å². The number of benzene rings is 1. The van der Waals surface area contributed by atoms with Gasteiger partial charge < -0.3 is 20.3 Å². The summed E-state index contributed by atoms with van der Waals surface area (Å²) in [6.07, 6.45) is 0.816. The predicted octanol–water partition coefficient (Wildman–Crippen LogP) is 0.0479. The number of nitrogens with one attached hydrogen (secondary N) is 2. The van der Waals surface area contributed by atoms with Crippen molar-refractivity contribution in [1.29, 1.82) is 0 Å². The van der Waals surface area contributed by atoms with E-state index in [0.29, 0.717) is 6.54 Å². The molecule has 112 valence electrons. The highest BCUT2D eigenvalue weighted by molar-refractivity contribution is 5.98. The van der Waals surface area contributed by atoms with Gasteiger partial charge in [0.15, 0.2) is 0 Å². The van der Waals surface area contributed by atoms with Gasteiger partial charge in [-0.05, 0) is 18.1 Å². The fourth-order valence-corrected chi connectivity index (χ4v) is 2.14. The van der Waals surface area contributed by atoms with Crippen LogP contribution < -0.4 is 15.5 Å². The van der Waals surface area contributed by atoms with E-state index in [0.717, 1.165) is 17.7 Å². The van der Waals surface area contributed by atoms with Crippen LogP contribution >= 0.6 is 0 Å². The van der Waals surface area contributed by atoms with E-state index in [1.54, 1.807) is 4.90 Å². The van der Waals surface area contributed by atoms with Crippen LogP contribution in [0.5, 0.6) is 0 Å². The van der Waals surface area contributed by atoms with Gasteiger partial charge in [-0.1, -0.05) is 18.2 Å². The number of methoxy groups -OCH3 is 1. The SMILES string of the molecule is COC(=O)CNC(=O)NCC(=O)N1CCc2ccccc21. The number of para-hydroxylation sites is 1. The lowest BCUT2D eigenvalue weighted by atomic mass is 10.2. The van der Waals surface area contributed by atoms with Gasteiger partial charge in [0.25, 0.3) is 0 Å². The van der Waals surface area contributed by atoms with Gasteiger partial charge in [0.1, 0.15) is 6.54 Å². The summed E-state index contributed by atoms with van der Waals surface area (Å²) >= 11 is 0. The van der Waals surface area contributed by atoms with Crippen molar-refractivity contribution in [2.75, 3.05) is 31.6 Å². The maximum Gasteiger partial charge on any atom is 0.325 e. The van der Waals surface area contributed by atoms with Gasteiger partial charge in [-0.25, -0.2) is 4.79 Å². The number of hydrogen-bond donors (Lipinski definition) is 2. The summed E-state index contributed by atoms with van der Waals surface area (Å²) in [6.45, 7) is 0.258. The van der Waals surface area contributed by atoms with Gasteiger partial charge in [0.05, 0.1) is 13.7 Å². The van der Waals surface area contributed by atoms with E-state index in [9.17, 15) is 14.4 Å². The first-order valence-electron chi connectivity index (χ1n) is 6.58. The smallest absolute Gasteiger partial charge is 0.325 e. The molecule has 0 atom stereocenters. The van der Waals surface area contributed by atoms with Crippen molar-refractivity contribution in [1.82, 2.24) is 10.6 Å². The van der Waals surface area contributed by atoms with E-state index >= 15 is 0 Å². The fraction of sp³-hybridized carbons (Fsp3) is 0.357. The molecule has 1 aliphatic rings. The Kier molecular flexibility index (Phi) is 4.76. The summed E-state index contributed by atoms with van der Waals surface area (Å²) in [5.74, 6) is -0.738. The molecule has 0 spiro atoms. The Morgan fingerprint density at radius 3 is 2.67 bits per heavy atom. The van der Waals surface area contributed by atoms with Crippen LogP contribution in [0.15, 0.2) is 24.3 Å². The molecule has 1 aromatic rings. The molecule has 0 saturated heterocycles. The first kappa shape index (κ1) is 14.8. The summed E-state index contributed by atoms with van der Waals surface area (Å²) in [6, 6.07) is 7.10. The Morgan fingerprint density at radius 1 is 1.19 bits per heavy atom. The lowest BCUT2D eigenvalue weighted by Crippen LogP contribution is -2.44. The highest BCUT2D eigenvalue weighted by Crippen LogP contribution is 2.27. The van der Waals surface area contributed by atoms with Gasteiger partial charge in [-0.2, -0.15) is 0 Å². The van der Waals surface area contributed by atoms with Crippen molar-refractivity contribution >= 4 is 23.6 Å². The lowest BCUT2D eigenvalue weighted by Gasteiger charge is -2.17. The normalized spacial score (nSPS) is 12.5. The first-order valence-corrected chi connectivity index (χ1v) is 6.58. The molecule has 1 aliphatic heterocycles. The quantitative estimate of drug-likeness (QED) is 0.767. The first-order chi connectivity index (χ1) is 10.1. The minimum Gasteiger partial charge on any atom is -0.468 e. The number of nitrogens with zero attached hydrogens (tertiary/aromatic N) is 1. The van der Waals surface area contributed by atoms with Crippen LogP contribution in [0, 0.1) is 0 Å². The minimum absolute atomic E-state index is 0.124. The van der Waals surface area contributed by atoms with Crippen LogP contribution in [0.1, 0.15) is 5.56 Å². The summed E-state index contributed by atoms with van der Waals surface area (Å²) in [4.78, 5) is 36.0. The summed E-state index contributed by atoms with van der Waals surface area (Å²) < 4.78 is 4.39. The van der Waals surface area contributed by atoms with Crippen molar-refractivity contribution in [2.24, 2.45) is 0 Å². The zero-order valence-electron chi connectivity index (χ0n) is 11.7. The molecule has 0 aliphatic carbocycles. The summed E-state index contributed by atoms with van der Waals surface area (Å²) in [7, 11) is 1.23. The van der Waals surface area contributed by atoms with E-state index in [1.807, 2.05) is 24.3 Å². The largest absolute Gasteiger partial charge is 0.468 e. The standard InChI is InChI=1S/C14H17N3O4/c1-21-13(19)9-16-14(20)15-8-12(18)17-7-6-10-4-2-3-5-11(10)17/h2-5H,6-9H2,1H3,(H2,15,16,20). The third-order valence-electron chi connectivity index (χ3n) is 3.21. The molecule has 0 saturated carbocycles. The van der Waals surface area contributed by atoms with Crippen molar-refractivity contribution < 1.29 is 19.1 Å². The molecule has 0 fully saturated rings. The summed E-state index contributed by atoms with van der Waals surface area (Å²) in [5.41, 5.74) is 2.01. The molecule has 0 bridgehead atoms. The molecule has 1 heterocycles. The fourth-order valence-electron chi connectivity index (χ4n) is 2.14. The Hall–Kier alpha value is -2.57. The number of hydrogen-bond acceptors (Lipinski definition) is 4. The number of ether oxygens (including phenoxy) is 1. The van der Waals surface area contributed by atoms with E-state index < -0.39 is 12.0 Å². The Bertz CT molecular complexity index is 559. The second-order valence-corrected chi connectivity index (χ2v) is 4.54. The lowest BCUT2D eigenvalue weighted by molar-refractivity contribution is -0.139. The van der Waals surface area contributed by atoms with Crippen LogP contribution in [-0.2, 0) is 20.7 Å². The van der Waals surface area contributed by atoms with E-state index in [1.165, 1.54) is 7.11 Å². The molecule has 0 radical (unpaired) electrons. The zero-order chi connectivity index (χ0) is 15.2. The number of carbonyl (C=O) groups is 3. The molecule has 0 aromatic heterocycles. The topological polar surface area (TPSA) is 87.7 Å². The molecule has 2 rings (SSSR count). The molecular weight excluding hydrogens is 274 g/mol. The molecule has 3 amide bonds. The average molecular weight is 291 g/mol. The Morgan fingerprint density at radius 2 is 1.90 bits per heavy atom. The van der Waals surface area contributed by atoms with Crippen molar-refractivity contribution in [3.63, 3.8) is 0 Å². The molecule has 7 nitrogen and oxygen atoms in total. The molecule has 2 N–H and O–H groups in total. The van der Waals surface area contributed by atoms with Crippen LogP contribution in [-0.4, -0.2) is 44.7 Å². The van der Waals surface area contributed by atoms with Crippen LogP contribution in [0.4, 0.5) is 10.5 Å². The second kappa shape index (κ2) is 6.74. The molecule has 1 aromatic carbocycles. The number of esters is 1. The summed E-state index contributed by atoms with van der Waals surface area (Å²) in [5, 5.41) is 4.72. The van der Waals surface area contributed by atoms with Gasteiger partial charge in [-0.3, -0.25) is 9.59 Å². The number of anilines is 1. The predicted molar refractivity (Wildman–Crippen MR) is 75.9 cm³/mol. The Balaban J connectivity index is 1.81. The highest BCUT2D eigenvalue weighted by atomic mass is 16.5. The van der Waals surface area contributed by atoms with Crippen LogP contribution in [0.25, 0.3) is 0 Å². The van der Waals surface area contributed by atoms with Crippen molar-refractivity contribution in [3.8, 4) is 0 Å². The van der Waals surface area contributed by atoms with E-state index in [2.05, 4.69) is 15.4 Å². The van der Waals surface area contributed by atoms with Crippen LogP contribution in [0.2, 0.25) is 0 Å². The number of fused-ring (bicyclic) bond motifs is 1. The second-order valence-electron chi connectivity index (χ2n) is 4.54. The van der Waals surface area contributed by atoms with Gasteiger partial charge in [-0.15, -0.1) is 0 Å². The average Bonchev–Trinajstić information content (AvgIpc) is 2.94. The molecule has 21 heavy (non-hydrogen) atoms. The van der Waals surface area contributed by atoms with Crippen molar-refractivity contribution in [2.45, 2.75) is 6.42 Å². The Labute approximate surface area is 122 Å². The van der Waals surface area contributed by atoms with Crippen molar-refractivity contribution in [3.05, 3.63) is 29.8 Å². The number of carbonyl (C=O) groups excluding carboxylic acids is 3. The number of urea groups is 1. The third kappa shape index (κ3) is 3.71. The van der Waals surface area contributed by atoms with Gasteiger partial charge in [0, 0.05) is 12.2 Å². The molecule has 7 heteroatoms. The van der Waals surface area contributed by atoms with E-state index in [4.69, 9.17) is 0 Å². The van der Waals surface area contributed by atoms with E-state index in [-0.39, 0.29) is 19.0 Å². The maximum absolute atomic E-state index is 12.1. The van der Waals surface area contributed by atoms with Gasteiger partial charge in [0.2, 0.25) is 5.91 Å². The number of amides is 3. The van der Waals surface area contributed by atoms with Crippen LogP contribution in [0.3, 0.4) is 0 Å². The highest BCUT2D eigenvalue weighted by Gasteiger charge is 2.24. The number of rotatable bonds is 4. The maximum atomic E-state index is 12.1.